The van der Waals surface area contributed by atoms with Gasteiger partial charge in [-0.25, -0.2) is 0 Å². The Morgan fingerprint density at radius 2 is 1.70 bits per heavy atom. The second kappa shape index (κ2) is 8.13. The van der Waals surface area contributed by atoms with E-state index in [0.717, 1.165) is 16.9 Å². The number of Topliss-reactive ketones (excluding diaryl/α,β-unsaturated/α-hetero) is 1. The molecule has 2 aromatic carbocycles. The number of carbonyl (C=O) groups excluding carboxylic acids is 2. The molecule has 4 heteroatoms. The lowest BCUT2D eigenvalue weighted by molar-refractivity contribution is -0.121. The highest BCUT2D eigenvalue weighted by molar-refractivity contribution is 5.99. The second-order valence-electron chi connectivity index (χ2n) is 5.33. The second-order valence-corrected chi connectivity index (χ2v) is 5.33. The van der Waals surface area contributed by atoms with Gasteiger partial charge in [-0.15, -0.1) is 0 Å². The van der Waals surface area contributed by atoms with Gasteiger partial charge < -0.3 is 10.1 Å². The van der Waals surface area contributed by atoms with Gasteiger partial charge in [0.25, 0.3) is 0 Å². The summed E-state index contributed by atoms with van der Waals surface area (Å²) in [5, 5.41) is 2.82. The van der Waals surface area contributed by atoms with Crippen molar-refractivity contribution in [2.45, 2.75) is 26.3 Å². The predicted molar refractivity (Wildman–Crippen MR) is 89.6 cm³/mol. The number of carbonyl (C=O) groups is 2. The van der Waals surface area contributed by atoms with E-state index in [1.165, 1.54) is 0 Å². The summed E-state index contributed by atoms with van der Waals surface area (Å²) >= 11 is 0. The van der Waals surface area contributed by atoms with Crippen LogP contribution in [0, 0.1) is 6.92 Å². The largest absolute Gasteiger partial charge is 0.496 e. The molecule has 0 saturated carbocycles. The molecular weight excluding hydrogens is 290 g/mol. The van der Waals surface area contributed by atoms with Gasteiger partial charge in [0.1, 0.15) is 5.75 Å². The van der Waals surface area contributed by atoms with Gasteiger partial charge in [0.2, 0.25) is 5.91 Å². The van der Waals surface area contributed by atoms with E-state index in [2.05, 4.69) is 5.32 Å². The fourth-order valence-electron chi connectivity index (χ4n) is 2.38. The van der Waals surface area contributed by atoms with Crippen molar-refractivity contribution in [1.82, 2.24) is 5.32 Å². The number of aryl methyl sites for hydroxylation is 1. The van der Waals surface area contributed by atoms with Gasteiger partial charge in [-0.1, -0.05) is 42.5 Å². The van der Waals surface area contributed by atoms with Crippen LogP contribution in [-0.4, -0.2) is 18.8 Å². The van der Waals surface area contributed by atoms with Crippen molar-refractivity contribution in [3.63, 3.8) is 0 Å². The average Bonchev–Trinajstić information content (AvgIpc) is 2.58. The van der Waals surface area contributed by atoms with Gasteiger partial charge in [0, 0.05) is 30.5 Å². The molecule has 0 aliphatic rings. The summed E-state index contributed by atoms with van der Waals surface area (Å²) < 4.78 is 5.24. The van der Waals surface area contributed by atoms with Crippen molar-refractivity contribution < 1.29 is 14.3 Å². The maximum absolute atomic E-state index is 12.1. The molecule has 0 heterocycles. The Morgan fingerprint density at radius 1 is 1.00 bits per heavy atom. The van der Waals surface area contributed by atoms with Crippen LogP contribution in [0.25, 0.3) is 0 Å². The molecule has 1 N–H and O–H groups in total. The summed E-state index contributed by atoms with van der Waals surface area (Å²) in [5.74, 6) is 0.595. The molecule has 0 bridgehead atoms. The Morgan fingerprint density at radius 3 is 2.43 bits per heavy atom. The van der Waals surface area contributed by atoms with Gasteiger partial charge in [0.15, 0.2) is 5.78 Å². The molecule has 0 aliphatic heterocycles. The Labute approximate surface area is 136 Å². The summed E-state index contributed by atoms with van der Waals surface area (Å²) in [4.78, 5) is 24.1. The van der Waals surface area contributed by atoms with Crippen molar-refractivity contribution in [2.24, 2.45) is 0 Å². The van der Waals surface area contributed by atoms with Crippen LogP contribution >= 0.6 is 0 Å². The van der Waals surface area contributed by atoms with E-state index < -0.39 is 0 Å². The molecule has 4 nitrogen and oxygen atoms in total. The van der Waals surface area contributed by atoms with Gasteiger partial charge in [-0.3, -0.25) is 9.59 Å². The zero-order valence-electron chi connectivity index (χ0n) is 13.5. The third kappa shape index (κ3) is 4.68. The molecule has 120 valence electrons. The van der Waals surface area contributed by atoms with Crippen molar-refractivity contribution in [3.8, 4) is 5.75 Å². The highest BCUT2D eigenvalue weighted by Gasteiger charge is 2.11. The van der Waals surface area contributed by atoms with E-state index in [9.17, 15) is 9.59 Å². The van der Waals surface area contributed by atoms with Crippen LogP contribution < -0.4 is 10.1 Å². The Hall–Kier alpha value is -2.62. The van der Waals surface area contributed by atoms with E-state index in [0.29, 0.717) is 12.1 Å². The number of ketones is 1. The van der Waals surface area contributed by atoms with Crippen molar-refractivity contribution in [3.05, 3.63) is 65.2 Å². The van der Waals surface area contributed by atoms with Crippen LogP contribution in [0.15, 0.2) is 48.5 Å². The van der Waals surface area contributed by atoms with Crippen molar-refractivity contribution in [1.29, 1.82) is 0 Å². The van der Waals surface area contributed by atoms with Gasteiger partial charge in [0.05, 0.1) is 7.11 Å². The topological polar surface area (TPSA) is 55.4 Å². The Balaban J connectivity index is 1.84. The summed E-state index contributed by atoms with van der Waals surface area (Å²) in [5.41, 5.74) is 2.53. The fraction of sp³-hybridized carbons (Fsp3) is 0.263. The molecule has 0 saturated heterocycles. The summed E-state index contributed by atoms with van der Waals surface area (Å²) in [7, 11) is 1.60. The number of benzene rings is 2. The van der Waals surface area contributed by atoms with Crippen LogP contribution in [0.1, 0.15) is 34.3 Å². The first-order chi connectivity index (χ1) is 11.1. The number of amides is 1. The van der Waals surface area contributed by atoms with E-state index in [1.807, 2.05) is 49.4 Å². The third-order valence-corrected chi connectivity index (χ3v) is 3.69. The highest BCUT2D eigenvalue weighted by atomic mass is 16.5. The molecule has 0 aromatic heterocycles. The summed E-state index contributed by atoms with van der Waals surface area (Å²) in [6.07, 6.45) is 0.394. The number of rotatable bonds is 7. The highest BCUT2D eigenvalue weighted by Crippen LogP contribution is 2.17. The Kier molecular flexibility index (Phi) is 5.92. The molecule has 0 aliphatic carbocycles. The van der Waals surface area contributed by atoms with Crippen molar-refractivity contribution >= 4 is 11.7 Å². The summed E-state index contributed by atoms with van der Waals surface area (Å²) in [6, 6.07) is 14.9. The molecule has 0 radical (unpaired) electrons. The molecule has 0 atom stereocenters. The lowest BCUT2D eigenvalue weighted by Gasteiger charge is -2.09. The molecule has 1 amide bonds. The molecule has 2 rings (SSSR count). The standard InChI is InChI=1S/C19H21NO3/c1-14-7-3-5-9-16(14)17(21)11-12-19(22)20-13-15-8-4-6-10-18(15)23-2/h3-10H,11-13H2,1-2H3,(H,20,22). The number of hydrogen-bond acceptors (Lipinski definition) is 3. The molecule has 0 unspecified atom stereocenters. The number of nitrogens with one attached hydrogen (secondary N) is 1. The first kappa shape index (κ1) is 16.7. The minimum atomic E-state index is -0.141. The van der Waals surface area contributed by atoms with Crippen LogP contribution in [0.2, 0.25) is 0 Å². The van der Waals surface area contributed by atoms with E-state index in [1.54, 1.807) is 13.2 Å². The maximum Gasteiger partial charge on any atom is 0.220 e. The Bertz CT molecular complexity index is 695. The zero-order chi connectivity index (χ0) is 16.7. The SMILES string of the molecule is COc1ccccc1CNC(=O)CCC(=O)c1ccccc1C. The first-order valence-corrected chi connectivity index (χ1v) is 7.59. The molecular formula is C19H21NO3. The van der Waals surface area contributed by atoms with E-state index in [-0.39, 0.29) is 24.5 Å². The minimum Gasteiger partial charge on any atom is -0.496 e. The van der Waals surface area contributed by atoms with E-state index in [4.69, 9.17) is 4.74 Å². The van der Waals surface area contributed by atoms with Crippen LogP contribution in [0.3, 0.4) is 0 Å². The number of methoxy groups -OCH3 is 1. The summed E-state index contributed by atoms with van der Waals surface area (Å²) in [6.45, 7) is 2.29. The van der Waals surface area contributed by atoms with Crippen LogP contribution in [0.5, 0.6) is 5.75 Å². The van der Waals surface area contributed by atoms with Gasteiger partial charge >= 0.3 is 0 Å². The third-order valence-electron chi connectivity index (χ3n) is 3.69. The lowest BCUT2D eigenvalue weighted by Crippen LogP contribution is -2.23. The first-order valence-electron chi connectivity index (χ1n) is 7.59. The molecule has 23 heavy (non-hydrogen) atoms. The van der Waals surface area contributed by atoms with Gasteiger partial charge in [-0.2, -0.15) is 0 Å². The monoisotopic (exact) mass is 311 g/mol. The number of ether oxygens (including phenoxy) is 1. The molecule has 0 fully saturated rings. The molecule has 0 spiro atoms. The van der Waals surface area contributed by atoms with E-state index >= 15 is 0 Å². The van der Waals surface area contributed by atoms with Crippen molar-refractivity contribution in [2.75, 3.05) is 7.11 Å². The van der Waals surface area contributed by atoms with Crippen LogP contribution in [-0.2, 0) is 11.3 Å². The average molecular weight is 311 g/mol. The van der Waals surface area contributed by atoms with Crippen LogP contribution in [0.4, 0.5) is 0 Å². The normalized spacial score (nSPS) is 10.2. The number of para-hydroxylation sites is 1. The number of hydrogen-bond donors (Lipinski definition) is 1. The van der Waals surface area contributed by atoms with Gasteiger partial charge in [-0.05, 0) is 18.6 Å². The quantitative estimate of drug-likeness (QED) is 0.798. The smallest absolute Gasteiger partial charge is 0.220 e. The lowest BCUT2D eigenvalue weighted by atomic mass is 10.0. The minimum absolute atomic E-state index is 0.00413. The zero-order valence-corrected chi connectivity index (χ0v) is 13.5. The fourth-order valence-corrected chi connectivity index (χ4v) is 2.38. The predicted octanol–water partition coefficient (Wildman–Crippen LogP) is 3.28. The molecule has 2 aromatic rings. The maximum atomic E-state index is 12.1.